The SMILES string of the molecule is CC1c2ncccc2-n2ncc[n+]21. The van der Waals surface area contributed by atoms with E-state index >= 15 is 0 Å². The van der Waals surface area contributed by atoms with Gasteiger partial charge in [-0.3, -0.25) is 4.98 Å². The topological polar surface area (TPSA) is 34.6 Å². The lowest BCUT2D eigenvalue weighted by Gasteiger charge is -1.96. The summed E-state index contributed by atoms with van der Waals surface area (Å²) in [6.45, 7) is 2.12. The van der Waals surface area contributed by atoms with E-state index in [9.17, 15) is 0 Å². The molecule has 3 rings (SSSR count). The minimum atomic E-state index is 0.290. The van der Waals surface area contributed by atoms with Crippen LogP contribution in [0.4, 0.5) is 0 Å². The summed E-state index contributed by atoms with van der Waals surface area (Å²) in [5.74, 6) is 0. The highest BCUT2D eigenvalue weighted by Crippen LogP contribution is 2.22. The molecule has 2 aromatic heterocycles. The van der Waals surface area contributed by atoms with Crippen LogP contribution in [0.25, 0.3) is 5.69 Å². The molecule has 1 unspecified atom stereocenters. The molecule has 0 bridgehead atoms. The van der Waals surface area contributed by atoms with Gasteiger partial charge in [0.05, 0.1) is 0 Å². The molecule has 3 heterocycles. The minimum absolute atomic E-state index is 0.290. The minimum Gasteiger partial charge on any atom is -0.254 e. The van der Waals surface area contributed by atoms with Crippen molar-refractivity contribution in [2.45, 2.75) is 13.0 Å². The molecule has 4 nitrogen and oxygen atoms in total. The van der Waals surface area contributed by atoms with Crippen molar-refractivity contribution in [3.63, 3.8) is 0 Å². The van der Waals surface area contributed by atoms with Crippen molar-refractivity contribution in [3.05, 3.63) is 36.4 Å². The van der Waals surface area contributed by atoms with E-state index in [1.165, 1.54) is 0 Å². The average Bonchev–Trinajstić information content (AvgIpc) is 2.72. The molecular formula is C9H9N4+. The molecule has 0 amide bonds. The number of pyridine rings is 1. The van der Waals surface area contributed by atoms with Crippen LogP contribution in [-0.4, -0.2) is 14.9 Å². The zero-order chi connectivity index (χ0) is 8.84. The van der Waals surface area contributed by atoms with Crippen molar-refractivity contribution < 1.29 is 4.68 Å². The number of nitrogens with zero attached hydrogens (tertiary/aromatic N) is 4. The first-order valence-corrected chi connectivity index (χ1v) is 4.28. The lowest BCUT2D eigenvalue weighted by atomic mass is 10.2. The van der Waals surface area contributed by atoms with Crippen LogP contribution in [0.1, 0.15) is 18.7 Å². The van der Waals surface area contributed by atoms with Crippen molar-refractivity contribution in [1.82, 2.24) is 14.9 Å². The molecule has 64 valence electrons. The van der Waals surface area contributed by atoms with Gasteiger partial charge in [0.1, 0.15) is 5.69 Å². The fraction of sp³-hybridized carbons (Fsp3) is 0.222. The monoisotopic (exact) mass is 173 g/mol. The molecule has 1 aliphatic heterocycles. The Hall–Kier alpha value is -1.71. The third-order valence-electron chi connectivity index (χ3n) is 2.44. The van der Waals surface area contributed by atoms with Crippen molar-refractivity contribution in [1.29, 1.82) is 0 Å². The Balaban J connectivity index is 2.37. The van der Waals surface area contributed by atoms with E-state index in [-0.39, 0.29) is 0 Å². The summed E-state index contributed by atoms with van der Waals surface area (Å²) in [6.07, 6.45) is 5.58. The molecule has 0 radical (unpaired) electrons. The van der Waals surface area contributed by atoms with Crippen molar-refractivity contribution in [2.24, 2.45) is 0 Å². The van der Waals surface area contributed by atoms with Crippen LogP contribution < -0.4 is 4.68 Å². The van der Waals surface area contributed by atoms with Gasteiger partial charge in [-0.1, -0.05) is 0 Å². The second-order valence-corrected chi connectivity index (χ2v) is 3.17. The van der Waals surface area contributed by atoms with Crippen LogP contribution in [0.5, 0.6) is 0 Å². The maximum atomic E-state index is 4.35. The van der Waals surface area contributed by atoms with Gasteiger partial charge in [0.15, 0.2) is 17.9 Å². The van der Waals surface area contributed by atoms with Gasteiger partial charge >= 0.3 is 0 Å². The second kappa shape index (κ2) is 2.16. The van der Waals surface area contributed by atoms with E-state index in [1.807, 2.05) is 29.3 Å². The maximum Gasteiger partial charge on any atom is 0.206 e. The van der Waals surface area contributed by atoms with Crippen molar-refractivity contribution in [2.75, 3.05) is 0 Å². The Morgan fingerprint density at radius 3 is 3.31 bits per heavy atom. The summed E-state index contributed by atoms with van der Waals surface area (Å²) in [7, 11) is 0. The van der Waals surface area contributed by atoms with Crippen molar-refractivity contribution in [3.8, 4) is 5.69 Å². The number of fused-ring (bicyclic) bond motifs is 3. The maximum absolute atomic E-state index is 4.35. The highest BCUT2D eigenvalue weighted by molar-refractivity contribution is 5.36. The second-order valence-electron chi connectivity index (χ2n) is 3.17. The summed E-state index contributed by atoms with van der Waals surface area (Å²) in [5, 5.41) is 4.23. The quantitative estimate of drug-likeness (QED) is 0.543. The highest BCUT2D eigenvalue weighted by atomic mass is 15.6. The standard InChI is InChI=1S/C9H9N4/c1-7-9-8(3-2-4-10-9)13-11-5-6-12(7)13/h2-7H,1H3/q+1. The van der Waals surface area contributed by atoms with Gasteiger partial charge in [-0.25, -0.2) is 0 Å². The summed E-state index contributed by atoms with van der Waals surface area (Å²) >= 11 is 0. The average molecular weight is 173 g/mol. The molecule has 13 heavy (non-hydrogen) atoms. The number of hydrogen-bond acceptors (Lipinski definition) is 2. The third-order valence-corrected chi connectivity index (χ3v) is 2.44. The van der Waals surface area contributed by atoms with Crippen LogP contribution in [0.15, 0.2) is 30.7 Å². The van der Waals surface area contributed by atoms with Gasteiger partial charge in [-0.2, -0.15) is 0 Å². The molecule has 0 saturated heterocycles. The Morgan fingerprint density at radius 1 is 1.46 bits per heavy atom. The first-order chi connectivity index (χ1) is 6.38. The fourth-order valence-electron chi connectivity index (χ4n) is 1.79. The molecule has 0 N–H and O–H groups in total. The van der Waals surface area contributed by atoms with Gasteiger partial charge in [0, 0.05) is 11.3 Å². The molecule has 1 aliphatic rings. The predicted octanol–water partition coefficient (Wildman–Crippen LogP) is 0.477. The molecule has 0 aliphatic carbocycles. The third kappa shape index (κ3) is 0.722. The summed E-state index contributed by atoms with van der Waals surface area (Å²) < 4.78 is 2.07. The van der Waals surface area contributed by atoms with Gasteiger partial charge < -0.3 is 0 Å². The van der Waals surface area contributed by atoms with E-state index in [0.717, 1.165) is 11.4 Å². The molecule has 2 aromatic rings. The van der Waals surface area contributed by atoms with Gasteiger partial charge in [-0.15, -0.1) is 4.68 Å². The van der Waals surface area contributed by atoms with E-state index in [4.69, 9.17) is 0 Å². The number of rotatable bonds is 0. The molecule has 1 atom stereocenters. The predicted molar refractivity (Wildman–Crippen MR) is 45.4 cm³/mol. The smallest absolute Gasteiger partial charge is 0.206 e. The van der Waals surface area contributed by atoms with Crippen molar-refractivity contribution >= 4 is 0 Å². The van der Waals surface area contributed by atoms with Crippen LogP contribution >= 0.6 is 0 Å². The van der Waals surface area contributed by atoms with E-state index in [1.54, 1.807) is 6.20 Å². The summed E-state index contributed by atoms with van der Waals surface area (Å²) in [5.41, 5.74) is 2.18. The van der Waals surface area contributed by atoms with E-state index < -0.39 is 0 Å². The first kappa shape index (κ1) is 6.77. The normalized spacial score (nSPS) is 18.4. The molecular weight excluding hydrogens is 164 g/mol. The lowest BCUT2D eigenvalue weighted by Crippen LogP contribution is -2.40. The lowest BCUT2D eigenvalue weighted by molar-refractivity contribution is -0.774. The van der Waals surface area contributed by atoms with Crippen LogP contribution in [0.3, 0.4) is 0 Å². The van der Waals surface area contributed by atoms with Crippen LogP contribution in [-0.2, 0) is 0 Å². The Kier molecular flexibility index (Phi) is 1.12. The van der Waals surface area contributed by atoms with E-state index in [0.29, 0.717) is 6.04 Å². The van der Waals surface area contributed by atoms with Gasteiger partial charge in [0.2, 0.25) is 6.20 Å². The van der Waals surface area contributed by atoms with E-state index in [2.05, 4.69) is 21.7 Å². The largest absolute Gasteiger partial charge is 0.254 e. The molecule has 0 aromatic carbocycles. The molecule has 4 heteroatoms. The Labute approximate surface area is 75.4 Å². The zero-order valence-corrected chi connectivity index (χ0v) is 7.25. The fourth-order valence-corrected chi connectivity index (χ4v) is 1.79. The highest BCUT2D eigenvalue weighted by Gasteiger charge is 2.32. The number of aromatic nitrogens is 4. The first-order valence-electron chi connectivity index (χ1n) is 4.28. The van der Waals surface area contributed by atoms with Crippen LogP contribution in [0.2, 0.25) is 0 Å². The molecule has 0 fully saturated rings. The van der Waals surface area contributed by atoms with Gasteiger partial charge in [0.25, 0.3) is 0 Å². The Bertz CT molecular complexity index is 460. The molecule has 0 spiro atoms. The Morgan fingerprint density at radius 2 is 2.38 bits per heavy atom. The van der Waals surface area contributed by atoms with Gasteiger partial charge in [-0.05, 0) is 23.9 Å². The summed E-state index contributed by atoms with van der Waals surface area (Å²) in [6, 6.07) is 4.26. The molecule has 0 saturated carbocycles. The van der Waals surface area contributed by atoms with Crippen LogP contribution in [0, 0.1) is 0 Å². The number of hydrogen-bond donors (Lipinski definition) is 0. The zero-order valence-electron chi connectivity index (χ0n) is 7.25. The summed E-state index contributed by atoms with van der Waals surface area (Å²) in [4.78, 5) is 6.23.